The van der Waals surface area contributed by atoms with E-state index in [4.69, 9.17) is 9.31 Å². The van der Waals surface area contributed by atoms with Crippen molar-refractivity contribution in [1.29, 1.82) is 0 Å². The fourth-order valence-electron chi connectivity index (χ4n) is 2.75. The first kappa shape index (κ1) is 18.0. The van der Waals surface area contributed by atoms with E-state index >= 15 is 0 Å². The maximum Gasteiger partial charge on any atom is 0.494 e. The lowest BCUT2D eigenvalue weighted by molar-refractivity contribution is -0.141. The first-order valence-corrected chi connectivity index (χ1v) is 7.95. The van der Waals surface area contributed by atoms with Crippen LogP contribution in [0.4, 0.5) is 13.2 Å². The maximum absolute atomic E-state index is 12.5. The number of alkyl halides is 3. The lowest BCUT2D eigenvalue weighted by Crippen LogP contribution is -2.41. The van der Waals surface area contributed by atoms with E-state index in [1.54, 1.807) is 12.1 Å². The van der Waals surface area contributed by atoms with Gasteiger partial charge in [-0.1, -0.05) is 12.1 Å². The molecule has 1 aromatic carbocycles. The van der Waals surface area contributed by atoms with Crippen molar-refractivity contribution in [3.63, 3.8) is 0 Å². The molecule has 25 heavy (non-hydrogen) atoms. The second kappa shape index (κ2) is 5.61. The molecule has 8 heteroatoms. The molecule has 0 amide bonds. The zero-order valence-corrected chi connectivity index (χ0v) is 14.5. The molecular weight excluding hydrogens is 334 g/mol. The molecular formula is C17H19BF3NO3. The zero-order chi connectivity index (χ0) is 18.6. The van der Waals surface area contributed by atoms with Crippen LogP contribution in [0.1, 0.15) is 27.7 Å². The Bertz CT molecular complexity index is 858. The van der Waals surface area contributed by atoms with Crippen molar-refractivity contribution in [2.45, 2.75) is 51.6 Å². The largest absolute Gasteiger partial charge is 0.494 e. The van der Waals surface area contributed by atoms with Crippen LogP contribution >= 0.6 is 0 Å². The standard InChI is InChI=1S/C17H19BF3NO3/c1-15(2)16(3,4)25-18(24-15)12-5-6-13-11(9-12)7-8-22(14(13)23)10-17(19,20)21/h5-9H,10H2,1-4H3. The molecule has 1 aromatic heterocycles. The number of pyridine rings is 1. The van der Waals surface area contributed by atoms with Gasteiger partial charge >= 0.3 is 13.3 Å². The minimum absolute atomic E-state index is 0.229. The van der Waals surface area contributed by atoms with E-state index in [-0.39, 0.29) is 5.39 Å². The number of hydrogen-bond donors (Lipinski definition) is 0. The summed E-state index contributed by atoms with van der Waals surface area (Å²) in [7, 11) is -0.591. The molecule has 0 spiro atoms. The van der Waals surface area contributed by atoms with E-state index in [1.807, 2.05) is 27.7 Å². The summed E-state index contributed by atoms with van der Waals surface area (Å²) in [4.78, 5) is 12.2. The minimum atomic E-state index is -4.44. The summed E-state index contributed by atoms with van der Waals surface area (Å²) in [5.74, 6) is 0. The molecule has 0 radical (unpaired) electrons. The smallest absolute Gasteiger partial charge is 0.399 e. The van der Waals surface area contributed by atoms with Gasteiger partial charge in [0.2, 0.25) is 0 Å². The quantitative estimate of drug-likeness (QED) is 0.780. The van der Waals surface area contributed by atoms with Gasteiger partial charge in [-0.25, -0.2) is 0 Å². The third-order valence-electron chi connectivity index (χ3n) is 4.88. The first-order valence-electron chi connectivity index (χ1n) is 7.95. The van der Waals surface area contributed by atoms with Gasteiger partial charge < -0.3 is 13.9 Å². The Morgan fingerprint density at radius 2 is 1.68 bits per heavy atom. The zero-order valence-electron chi connectivity index (χ0n) is 14.5. The van der Waals surface area contributed by atoms with Gasteiger partial charge in [-0.15, -0.1) is 0 Å². The number of rotatable bonds is 2. The average Bonchev–Trinajstić information content (AvgIpc) is 2.69. The number of fused-ring (bicyclic) bond motifs is 1. The molecule has 2 heterocycles. The molecule has 3 rings (SSSR count). The molecule has 0 N–H and O–H groups in total. The van der Waals surface area contributed by atoms with E-state index in [0.29, 0.717) is 9.95 Å². The second-order valence-electron chi connectivity index (χ2n) is 7.30. The Labute approximate surface area is 143 Å². The Balaban J connectivity index is 1.97. The highest BCUT2D eigenvalue weighted by Crippen LogP contribution is 2.36. The predicted molar refractivity (Wildman–Crippen MR) is 90.0 cm³/mol. The van der Waals surface area contributed by atoms with Gasteiger partial charge in [-0.3, -0.25) is 4.79 Å². The van der Waals surface area contributed by atoms with Crippen molar-refractivity contribution in [2.24, 2.45) is 0 Å². The van der Waals surface area contributed by atoms with Crippen molar-refractivity contribution >= 4 is 23.4 Å². The highest BCUT2D eigenvalue weighted by molar-refractivity contribution is 6.62. The van der Waals surface area contributed by atoms with Crippen LogP contribution in [0, 0.1) is 0 Å². The predicted octanol–water partition coefficient (Wildman–Crippen LogP) is 2.86. The molecule has 0 aliphatic carbocycles. The molecule has 2 aromatic rings. The van der Waals surface area contributed by atoms with Gasteiger partial charge in [-0.2, -0.15) is 13.2 Å². The molecule has 1 aliphatic heterocycles. The van der Waals surface area contributed by atoms with Crippen LogP contribution in [0.2, 0.25) is 0 Å². The van der Waals surface area contributed by atoms with E-state index in [2.05, 4.69) is 0 Å². The van der Waals surface area contributed by atoms with Gasteiger partial charge in [0.15, 0.2) is 0 Å². The number of benzene rings is 1. The summed E-state index contributed by atoms with van der Waals surface area (Å²) in [5, 5.41) is 0.780. The highest BCUT2D eigenvalue weighted by Gasteiger charge is 2.51. The number of halogens is 3. The summed E-state index contributed by atoms with van der Waals surface area (Å²) in [6, 6.07) is 6.39. The Morgan fingerprint density at radius 3 is 2.24 bits per heavy atom. The van der Waals surface area contributed by atoms with Crippen LogP contribution in [-0.4, -0.2) is 29.1 Å². The molecule has 4 nitrogen and oxygen atoms in total. The van der Waals surface area contributed by atoms with Crippen LogP contribution in [0.25, 0.3) is 10.8 Å². The monoisotopic (exact) mass is 353 g/mol. The van der Waals surface area contributed by atoms with Crippen LogP contribution in [0.15, 0.2) is 35.3 Å². The van der Waals surface area contributed by atoms with Crippen molar-refractivity contribution in [2.75, 3.05) is 0 Å². The first-order chi connectivity index (χ1) is 11.4. The van der Waals surface area contributed by atoms with Gasteiger partial charge in [0.05, 0.1) is 11.2 Å². The van der Waals surface area contributed by atoms with Gasteiger partial charge in [0.25, 0.3) is 5.56 Å². The minimum Gasteiger partial charge on any atom is -0.399 e. The molecule has 0 saturated carbocycles. The average molecular weight is 353 g/mol. The number of hydrogen-bond acceptors (Lipinski definition) is 3. The van der Waals surface area contributed by atoms with Crippen molar-refractivity contribution in [3.8, 4) is 0 Å². The van der Waals surface area contributed by atoms with E-state index in [1.165, 1.54) is 12.1 Å². The van der Waals surface area contributed by atoms with Gasteiger partial charge in [0.1, 0.15) is 6.54 Å². The normalized spacial score (nSPS) is 19.6. The van der Waals surface area contributed by atoms with Crippen molar-refractivity contribution in [3.05, 3.63) is 40.8 Å². The number of nitrogens with zero attached hydrogens (tertiary/aromatic N) is 1. The van der Waals surface area contributed by atoms with Gasteiger partial charge in [0, 0.05) is 11.6 Å². The SMILES string of the molecule is CC1(C)OB(c2ccc3c(=O)n(CC(F)(F)F)ccc3c2)OC1(C)C. The fraction of sp³-hybridized carbons (Fsp3) is 0.471. The summed E-state index contributed by atoms with van der Waals surface area (Å²) >= 11 is 0. The number of aromatic nitrogens is 1. The summed E-state index contributed by atoms with van der Waals surface area (Å²) < 4.78 is 50.2. The lowest BCUT2D eigenvalue weighted by atomic mass is 9.78. The Kier molecular flexibility index (Phi) is 4.04. The van der Waals surface area contributed by atoms with E-state index < -0.39 is 36.6 Å². The molecule has 0 unspecified atom stereocenters. The second-order valence-corrected chi connectivity index (χ2v) is 7.30. The topological polar surface area (TPSA) is 40.5 Å². The maximum atomic E-state index is 12.5. The molecule has 134 valence electrons. The molecule has 1 saturated heterocycles. The Hall–Kier alpha value is -1.80. The molecule has 0 atom stereocenters. The van der Waals surface area contributed by atoms with Crippen LogP contribution in [0.5, 0.6) is 0 Å². The summed E-state index contributed by atoms with van der Waals surface area (Å²) in [6.45, 7) is 6.43. The van der Waals surface area contributed by atoms with Crippen molar-refractivity contribution < 1.29 is 22.5 Å². The van der Waals surface area contributed by atoms with Gasteiger partial charge in [-0.05, 0) is 50.7 Å². The third-order valence-corrected chi connectivity index (χ3v) is 4.88. The van der Waals surface area contributed by atoms with Crippen LogP contribution in [0.3, 0.4) is 0 Å². The van der Waals surface area contributed by atoms with Crippen LogP contribution in [-0.2, 0) is 15.9 Å². The highest BCUT2D eigenvalue weighted by atomic mass is 19.4. The van der Waals surface area contributed by atoms with E-state index in [0.717, 1.165) is 11.7 Å². The fourth-order valence-corrected chi connectivity index (χ4v) is 2.75. The molecule has 1 aliphatic rings. The molecule has 0 bridgehead atoms. The van der Waals surface area contributed by atoms with E-state index in [9.17, 15) is 18.0 Å². The Morgan fingerprint density at radius 1 is 1.08 bits per heavy atom. The lowest BCUT2D eigenvalue weighted by Gasteiger charge is -2.32. The third kappa shape index (κ3) is 3.33. The summed E-state index contributed by atoms with van der Waals surface area (Å²) in [6.07, 6.45) is -3.29. The molecule has 1 fully saturated rings. The van der Waals surface area contributed by atoms with Crippen molar-refractivity contribution in [1.82, 2.24) is 4.57 Å². The summed E-state index contributed by atoms with van der Waals surface area (Å²) in [5.41, 5.74) is -0.944. The van der Waals surface area contributed by atoms with Crippen LogP contribution < -0.4 is 11.0 Å².